The van der Waals surface area contributed by atoms with Gasteiger partial charge in [0.05, 0.1) is 33.2 Å². The molecule has 1 aliphatic carbocycles. The third-order valence-corrected chi connectivity index (χ3v) is 7.27. The normalized spacial score (nSPS) is 20.5. The van der Waals surface area contributed by atoms with Crippen LogP contribution in [0.3, 0.4) is 0 Å². The predicted molar refractivity (Wildman–Crippen MR) is 126 cm³/mol. The highest BCUT2D eigenvalue weighted by molar-refractivity contribution is 7.89. The number of halogens is 1. The minimum atomic E-state index is -3.88. The summed E-state index contributed by atoms with van der Waals surface area (Å²) in [6.45, 7) is 4.02. The minimum absolute atomic E-state index is 0.0551. The molecular weight excluding hydrogens is 460 g/mol. The summed E-state index contributed by atoms with van der Waals surface area (Å²) >= 11 is 6.49. The smallest absolute Gasteiger partial charge is 0.238 e. The molecule has 1 atom stereocenters. The molecule has 1 heterocycles. The van der Waals surface area contributed by atoms with Crippen molar-refractivity contribution in [1.29, 1.82) is 5.26 Å². The maximum atomic E-state index is 13.5. The fourth-order valence-electron chi connectivity index (χ4n) is 4.60. The Morgan fingerprint density at radius 3 is 2.33 bits per heavy atom. The van der Waals surface area contributed by atoms with Gasteiger partial charge in [0.15, 0.2) is 5.78 Å². The summed E-state index contributed by atoms with van der Waals surface area (Å²) in [5, 5.41) is 15.8. The van der Waals surface area contributed by atoms with Gasteiger partial charge in [-0.2, -0.15) is 5.26 Å². The van der Waals surface area contributed by atoms with E-state index in [0.717, 1.165) is 0 Å². The Hall–Kier alpha value is -3.12. The largest absolute Gasteiger partial charge is 0.384 e. The van der Waals surface area contributed by atoms with Gasteiger partial charge in [-0.1, -0.05) is 49.7 Å². The molecule has 0 bridgehead atoms. The molecule has 1 aliphatic heterocycles. The molecule has 0 saturated carbocycles. The highest BCUT2D eigenvalue weighted by Crippen LogP contribution is 2.50. The van der Waals surface area contributed by atoms with E-state index in [2.05, 4.69) is 6.07 Å². The number of carbonyl (C=O) groups excluding carboxylic acids is 1. The fourth-order valence-corrected chi connectivity index (χ4v) is 5.34. The average Bonchev–Trinajstić information content (AvgIpc) is 2.72. The summed E-state index contributed by atoms with van der Waals surface area (Å²) in [5.41, 5.74) is 8.79. The van der Waals surface area contributed by atoms with Crippen LogP contribution in [0.25, 0.3) is 0 Å². The lowest BCUT2D eigenvalue weighted by Crippen LogP contribution is -2.42. The van der Waals surface area contributed by atoms with E-state index in [1.807, 2.05) is 19.9 Å². The molecule has 0 amide bonds. The molecule has 7 nitrogen and oxygen atoms in total. The number of Topliss-reactive ketones (excluding diaryl/α,β-unsaturated/α-hetero) is 1. The number of anilines is 1. The molecule has 2 aliphatic rings. The van der Waals surface area contributed by atoms with E-state index >= 15 is 0 Å². The molecule has 2 aromatic carbocycles. The van der Waals surface area contributed by atoms with Crippen molar-refractivity contribution in [2.75, 3.05) is 4.90 Å². The first-order valence-corrected chi connectivity index (χ1v) is 12.2. The minimum Gasteiger partial charge on any atom is -0.384 e. The zero-order valence-electron chi connectivity index (χ0n) is 18.2. The van der Waals surface area contributed by atoms with Gasteiger partial charge in [-0.15, -0.1) is 0 Å². The van der Waals surface area contributed by atoms with Gasteiger partial charge in [0, 0.05) is 17.7 Å². The number of ketones is 1. The molecule has 33 heavy (non-hydrogen) atoms. The zero-order valence-corrected chi connectivity index (χ0v) is 19.7. The Morgan fingerprint density at radius 2 is 1.76 bits per heavy atom. The molecule has 9 heteroatoms. The number of sulfonamides is 1. The monoisotopic (exact) mass is 482 g/mol. The first-order valence-electron chi connectivity index (χ1n) is 10.3. The summed E-state index contributed by atoms with van der Waals surface area (Å²) in [7, 11) is -3.88. The molecule has 0 spiro atoms. The molecular formula is C24H23ClN4O3S. The Balaban J connectivity index is 1.99. The van der Waals surface area contributed by atoms with Gasteiger partial charge in [-0.05, 0) is 41.7 Å². The van der Waals surface area contributed by atoms with Gasteiger partial charge in [0.2, 0.25) is 10.0 Å². The van der Waals surface area contributed by atoms with Crippen LogP contribution < -0.4 is 15.8 Å². The number of para-hydroxylation sites is 1. The summed E-state index contributed by atoms with van der Waals surface area (Å²) in [6.07, 6.45) is 0.858. The van der Waals surface area contributed by atoms with Crippen LogP contribution in [0.1, 0.15) is 38.2 Å². The SMILES string of the molecule is CC1(C)CC(=O)C2=C(C1)N(c1ccccc1Cl)C(N)=C(C#N)C2c1ccc(S(N)(=O)=O)cc1. The van der Waals surface area contributed by atoms with Crippen molar-refractivity contribution < 1.29 is 13.2 Å². The molecule has 1 unspecified atom stereocenters. The second-order valence-corrected chi connectivity index (χ2v) is 11.0. The van der Waals surface area contributed by atoms with E-state index in [9.17, 15) is 18.5 Å². The van der Waals surface area contributed by atoms with Crippen LogP contribution in [0.4, 0.5) is 5.69 Å². The van der Waals surface area contributed by atoms with Crippen LogP contribution in [0.5, 0.6) is 0 Å². The lowest BCUT2D eigenvalue weighted by Gasteiger charge is -2.44. The standard InChI is InChI=1S/C24H23ClN4O3S/c1-24(2)11-19-22(20(30)12-24)21(14-7-9-15(10-8-14)33(28,31)32)16(13-26)23(27)29(19)18-6-4-3-5-17(18)25/h3-10,21H,11-12,27H2,1-2H3,(H2,28,31,32). The van der Waals surface area contributed by atoms with Gasteiger partial charge in [0.25, 0.3) is 0 Å². The number of primary sulfonamides is 1. The highest BCUT2D eigenvalue weighted by atomic mass is 35.5. The zero-order chi connectivity index (χ0) is 24.1. The second-order valence-electron chi connectivity index (χ2n) is 9.05. The lowest BCUT2D eigenvalue weighted by atomic mass is 9.68. The molecule has 0 saturated heterocycles. The molecule has 0 radical (unpaired) electrons. The summed E-state index contributed by atoms with van der Waals surface area (Å²) in [6, 6.07) is 15.2. The molecule has 4 rings (SSSR count). The number of rotatable bonds is 3. The van der Waals surface area contributed by atoms with Crippen molar-refractivity contribution in [2.24, 2.45) is 16.3 Å². The van der Waals surface area contributed by atoms with Crippen molar-refractivity contribution in [1.82, 2.24) is 0 Å². The number of nitrogens with zero attached hydrogens (tertiary/aromatic N) is 2. The van der Waals surface area contributed by atoms with E-state index in [1.54, 1.807) is 35.2 Å². The van der Waals surface area contributed by atoms with Crippen molar-refractivity contribution >= 4 is 33.1 Å². The number of benzene rings is 2. The predicted octanol–water partition coefficient (Wildman–Crippen LogP) is 3.93. The number of nitriles is 1. The maximum absolute atomic E-state index is 13.5. The second kappa shape index (κ2) is 8.03. The third-order valence-electron chi connectivity index (χ3n) is 6.02. The topological polar surface area (TPSA) is 130 Å². The van der Waals surface area contributed by atoms with Crippen LogP contribution in [0.15, 0.2) is 76.1 Å². The lowest BCUT2D eigenvalue weighted by molar-refractivity contribution is -0.118. The number of nitrogens with two attached hydrogens (primary N) is 2. The van der Waals surface area contributed by atoms with E-state index in [-0.39, 0.29) is 27.5 Å². The van der Waals surface area contributed by atoms with Gasteiger partial charge in [-0.3, -0.25) is 9.69 Å². The molecule has 0 aromatic heterocycles. The molecule has 2 aromatic rings. The molecule has 0 fully saturated rings. The molecule has 4 N–H and O–H groups in total. The Kier molecular flexibility index (Phi) is 5.61. The van der Waals surface area contributed by atoms with E-state index in [1.165, 1.54) is 12.1 Å². The van der Waals surface area contributed by atoms with Gasteiger partial charge in [0.1, 0.15) is 5.82 Å². The van der Waals surface area contributed by atoms with Crippen molar-refractivity contribution in [3.05, 3.63) is 81.8 Å². The van der Waals surface area contributed by atoms with Gasteiger partial charge >= 0.3 is 0 Å². The Labute approximate surface area is 198 Å². The van der Waals surface area contributed by atoms with Crippen LogP contribution in [0, 0.1) is 16.7 Å². The number of hydrogen-bond acceptors (Lipinski definition) is 6. The Morgan fingerprint density at radius 1 is 1.12 bits per heavy atom. The quantitative estimate of drug-likeness (QED) is 0.681. The first-order chi connectivity index (χ1) is 15.4. The van der Waals surface area contributed by atoms with Crippen molar-refractivity contribution in [2.45, 2.75) is 37.5 Å². The summed E-state index contributed by atoms with van der Waals surface area (Å²) in [5.74, 6) is -0.615. The van der Waals surface area contributed by atoms with Crippen LogP contribution in [-0.2, 0) is 14.8 Å². The number of hydrogen-bond donors (Lipinski definition) is 2. The van der Waals surface area contributed by atoms with Crippen LogP contribution >= 0.6 is 11.6 Å². The van der Waals surface area contributed by atoms with Crippen molar-refractivity contribution in [3.8, 4) is 6.07 Å². The van der Waals surface area contributed by atoms with Gasteiger partial charge in [-0.25, -0.2) is 13.6 Å². The Bertz CT molecular complexity index is 1370. The van der Waals surface area contributed by atoms with E-state index < -0.39 is 15.9 Å². The third kappa shape index (κ3) is 4.04. The van der Waals surface area contributed by atoms with Crippen LogP contribution in [0.2, 0.25) is 5.02 Å². The summed E-state index contributed by atoms with van der Waals surface area (Å²) < 4.78 is 23.4. The number of allylic oxidation sites excluding steroid dienone is 3. The maximum Gasteiger partial charge on any atom is 0.238 e. The van der Waals surface area contributed by atoms with Gasteiger partial charge < -0.3 is 5.73 Å². The van der Waals surface area contributed by atoms with E-state index in [4.69, 9.17) is 22.5 Å². The van der Waals surface area contributed by atoms with Crippen molar-refractivity contribution in [3.63, 3.8) is 0 Å². The highest BCUT2D eigenvalue weighted by Gasteiger charge is 2.45. The number of carbonyl (C=O) groups is 1. The summed E-state index contributed by atoms with van der Waals surface area (Å²) in [4.78, 5) is 15.1. The fraction of sp³-hybridized carbons (Fsp3) is 0.250. The van der Waals surface area contributed by atoms with Crippen LogP contribution in [-0.4, -0.2) is 14.2 Å². The van der Waals surface area contributed by atoms with E-state index in [0.29, 0.717) is 40.4 Å². The first kappa shape index (κ1) is 23.1. The molecule has 170 valence electrons. The average molecular weight is 483 g/mol.